The summed E-state index contributed by atoms with van der Waals surface area (Å²) in [6.07, 6.45) is 1.41. The van der Waals surface area contributed by atoms with Crippen LogP contribution in [0.15, 0.2) is 47.3 Å². The average molecular weight is 310 g/mol. The van der Waals surface area contributed by atoms with Gasteiger partial charge in [-0.05, 0) is 41.8 Å². The van der Waals surface area contributed by atoms with Gasteiger partial charge in [-0.3, -0.25) is 9.36 Å². The largest absolute Gasteiger partial charge is 0.394 e. The topological polar surface area (TPSA) is 55.1 Å². The number of aromatic nitrogens is 2. The molecule has 5 heteroatoms. The van der Waals surface area contributed by atoms with E-state index in [-0.39, 0.29) is 24.0 Å². The summed E-state index contributed by atoms with van der Waals surface area (Å²) in [5.41, 5.74) is 2.07. The van der Waals surface area contributed by atoms with Crippen molar-refractivity contribution in [1.82, 2.24) is 9.55 Å². The Morgan fingerprint density at radius 1 is 1.22 bits per heavy atom. The molecular weight excluding hydrogens is 295 g/mol. The molecule has 0 bridgehead atoms. The Labute approximate surface area is 131 Å². The summed E-state index contributed by atoms with van der Waals surface area (Å²) in [5.74, 6) is 0.410. The van der Waals surface area contributed by atoms with Crippen LogP contribution in [0.2, 0.25) is 0 Å². The molecule has 0 spiro atoms. The van der Waals surface area contributed by atoms with Gasteiger partial charge < -0.3 is 5.11 Å². The number of aryl methyl sites for hydroxylation is 1. The molecule has 1 aromatic heterocycles. The lowest BCUT2D eigenvalue weighted by molar-refractivity contribution is 0.231. The second-order valence-corrected chi connectivity index (χ2v) is 5.82. The highest BCUT2D eigenvalue weighted by Crippen LogP contribution is 2.26. The van der Waals surface area contributed by atoms with E-state index in [1.165, 1.54) is 12.1 Å². The van der Waals surface area contributed by atoms with Crippen molar-refractivity contribution < 1.29 is 9.50 Å². The van der Waals surface area contributed by atoms with E-state index in [0.29, 0.717) is 23.1 Å². The van der Waals surface area contributed by atoms with Gasteiger partial charge in [-0.25, -0.2) is 9.37 Å². The number of halogens is 1. The van der Waals surface area contributed by atoms with Crippen molar-refractivity contribution in [2.45, 2.75) is 18.9 Å². The lowest BCUT2D eigenvalue weighted by atomic mass is 10.0. The van der Waals surface area contributed by atoms with E-state index in [0.717, 1.165) is 17.5 Å². The minimum absolute atomic E-state index is 0.0541. The number of hydrogen-bond acceptors (Lipinski definition) is 3. The highest BCUT2D eigenvalue weighted by Gasteiger charge is 2.25. The molecule has 1 aliphatic heterocycles. The maximum atomic E-state index is 13.4. The third kappa shape index (κ3) is 2.24. The van der Waals surface area contributed by atoms with Crippen molar-refractivity contribution in [3.63, 3.8) is 0 Å². The summed E-state index contributed by atoms with van der Waals surface area (Å²) in [6.45, 7) is -0.0541. The molecule has 0 radical (unpaired) electrons. The van der Waals surface area contributed by atoms with E-state index in [9.17, 15) is 14.3 Å². The zero-order chi connectivity index (χ0) is 16.0. The van der Waals surface area contributed by atoms with Gasteiger partial charge in [0.1, 0.15) is 11.6 Å². The molecule has 116 valence electrons. The van der Waals surface area contributed by atoms with E-state index >= 15 is 0 Å². The first kappa shape index (κ1) is 14.1. The first-order chi connectivity index (χ1) is 11.2. The molecule has 4 rings (SSSR count). The van der Waals surface area contributed by atoms with Crippen molar-refractivity contribution in [3.8, 4) is 11.1 Å². The second kappa shape index (κ2) is 5.28. The monoisotopic (exact) mass is 310 g/mol. The molecule has 0 fully saturated rings. The number of rotatable bonds is 2. The number of aliphatic hydroxyl groups excluding tert-OH is 1. The predicted molar refractivity (Wildman–Crippen MR) is 85.8 cm³/mol. The standard InChI is InChI=1S/C18H15FN2O2/c19-13-3-1-2-11(8-13)12-4-6-15-16(9-12)20-17-7-5-14(10-22)21(17)18(15)23/h1-4,6,8-9,14,22H,5,7,10H2. The highest BCUT2D eigenvalue weighted by atomic mass is 19.1. The Morgan fingerprint density at radius 3 is 2.83 bits per heavy atom. The zero-order valence-corrected chi connectivity index (χ0v) is 12.4. The minimum atomic E-state index is -0.296. The average Bonchev–Trinajstić information content (AvgIpc) is 2.98. The maximum Gasteiger partial charge on any atom is 0.261 e. The second-order valence-electron chi connectivity index (χ2n) is 5.82. The van der Waals surface area contributed by atoms with Gasteiger partial charge in [0, 0.05) is 6.42 Å². The van der Waals surface area contributed by atoms with Crippen LogP contribution in [0.5, 0.6) is 0 Å². The summed E-state index contributed by atoms with van der Waals surface area (Å²) >= 11 is 0. The summed E-state index contributed by atoms with van der Waals surface area (Å²) in [6, 6.07) is 11.5. The molecule has 1 aliphatic rings. The van der Waals surface area contributed by atoms with Gasteiger partial charge in [-0.15, -0.1) is 0 Å². The van der Waals surface area contributed by atoms with Crippen LogP contribution in [0, 0.1) is 5.82 Å². The molecule has 0 saturated carbocycles. The molecule has 2 aromatic carbocycles. The van der Waals surface area contributed by atoms with Gasteiger partial charge in [0.25, 0.3) is 5.56 Å². The smallest absolute Gasteiger partial charge is 0.261 e. The van der Waals surface area contributed by atoms with Gasteiger partial charge >= 0.3 is 0 Å². The van der Waals surface area contributed by atoms with E-state index < -0.39 is 0 Å². The van der Waals surface area contributed by atoms with Gasteiger partial charge in [0.2, 0.25) is 0 Å². The van der Waals surface area contributed by atoms with E-state index in [2.05, 4.69) is 4.98 Å². The highest BCUT2D eigenvalue weighted by molar-refractivity contribution is 5.83. The lowest BCUT2D eigenvalue weighted by Crippen LogP contribution is -2.26. The van der Waals surface area contributed by atoms with Crippen LogP contribution in [0.4, 0.5) is 4.39 Å². The Balaban J connectivity index is 1.91. The van der Waals surface area contributed by atoms with E-state index in [1.54, 1.807) is 22.8 Å². The SMILES string of the molecule is O=c1c2ccc(-c3cccc(F)c3)cc2nc2n1C(CO)CC2. The fourth-order valence-electron chi connectivity index (χ4n) is 3.24. The number of nitrogens with zero attached hydrogens (tertiary/aromatic N) is 2. The third-order valence-corrected chi connectivity index (χ3v) is 4.41. The van der Waals surface area contributed by atoms with Crippen LogP contribution in [0.1, 0.15) is 18.3 Å². The lowest BCUT2D eigenvalue weighted by Gasteiger charge is -2.12. The van der Waals surface area contributed by atoms with Gasteiger partial charge in [-0.1, -0.05) is 18.2 Å². The molecule has 23 heavy (non-hydrogen) atoms. The Bertz CT molecular complexity index is 965. The van der Waals surface area contributed by atoms with Crippen LogP contribution in [-0.4, -0.2) is 21.3 Å². The van der Waals surface area contributed by atoms with Crippen LogP contribution < -0.4 is 5.56 Å². The Morgan fingerprint density at radius 2 is 2.04 bits per heavy atom. The van der Waals surface area contributed by atoms with Crippen molar-refractivity contribution in [2.24, 2.45) is 0 Å². The normalized spacial score (nSPS) is 16.7. The van der Waals surface area contributed by atoms with Crippen LogP contribution >= 0.6 is 0 Å². The van der Waals surface area contributed by atoms with Crippen molar-refractivity contribution >= 4 is 10.9 Å². The molecule has 0 aliphatic carbocycles. The van der Waals surface area contributed by atoms with Gasteiger partial charge in [0.15, 0.2) is 0 Å². The molecular formula is C18H15FN2O2. The molecule has 1 N–H and O–H groups in total. The molecule has 0 saturated heterocycles. The summed E-state index contributed by atoms with van der Waals surface area (Å²) < 4.78 is 15.0. The van der Waals surface area contributed by atoms with E-state index in [4.69, 9.17) is 0 Å². The zero-order valence-electron chi connectivity index (χ0n) is 12.4. The predicted octanol–water partition coefficient (Wildman–Crippen LogP) is 2.68. The summed E-state index contributed by atoms with van der Waals surface area (Å²) in [5, 5.41) is 9.93. The Hall–Kier alpha value is -2.53. The summed E-state index contributed by atoms with van der Waals surface area (Å²) in [4.78, 5) is 17.2. The van der Waals surface area contributed by atoms with Crippen LogP contribution in [0.3, 0.4) is 0 Å². The molecule has 0 amide bonds. The molecule has 2 heterocycles. The first-order valence-corrected chi connectivity index (χ1v) is 7.59. The van der Waals surface area contributed by atoms with Crippen LogP contribution in [0.25, 0.3) is 22.0 Å². The van der Waals surface area contributed by atoms with E-state index in [1.807, 2.05) is 12.1 Å². The maximum absolute atomic E-state index is 13.4. The number of benzene rings is 2. The van der Waals surface area contributed by atoms with Crippen molar-refractivity contribution in [2.75, 3.05) is 6.61 Å². The quantitative estimate of drug-likeness (QED) is 0.792. The number of hydrogen-bond donors (Lipinski definition) is 1. The van der Waals surface area contributed by atoms with Gasteiger partial charge in [0.05, 0.1) is 23.6 Å². The first-order valence-electron chi connectivity index (χ1n) is 7.59. The van der Waals surface area contributed by atoms with Gasteiger partial charge in [-0.2, -0.15) is 0 Å². The number of fused-ring (bicyclic) bond motifs is 2. The molecule has 1 atom stereocenters. The minimum Gasteiger partial charge on any atom is -0.394 e. The van der Waals surface area contributed by atoms with Crippen LogP contribution in [-0.2, 0) is 6.42 Å². The third-order valence-electron chi connectivity index (χ3n) is 4.41. The molecule has 3 aromatic rings. The van der Waals surface area contributed by atoms with Crippen molar-refractivity contribution in [1.29, 1.82) is 0 Å². The Kier molecular flexibility index (Phi) is 3.23. The number of aliphatic hydroxyl groups is 1. The van der Waals surface area contributed by atoms with Crippen molar-refractivity contribution in [3.05, 3.63) is 64.5 Å². The molecule has 1 unspecified atom stereocenters. The fraction of sp³-hybridized carbons (Fsp3) is 0.222. The molecule has 4 nitrogen and oxygen atoms in total. The summed E-state index contributed by atoms with van der Waals surface area (Å²) in [7, 11) is 0. The fourth-order valence-corrected chi connectivity index (χ4v) is 3.24.